The molecule has 130 valence electrons. The maximum atomic E-state index is 13.0. The van der Waals surface area contributed by atoms with E-state index < -0.39 is 11.7 Å². The van der Waals surface area contributed by atoms with Gasteiger partial charge in [-0.05, 0) is 42.0 Å². The molecule has 3 rings (SSSR count). The van der Waals surface area contributed by atoms with Crippen molar-refractivity contribution in [2.75, 3.05) is 5.84 Å². The molecule has 1 heterocycles. The third kappa shape index (κ3) is 3.93. The smallest absolute Gasteiger partial charge is 0.335 e. The minimum atomic E-state index is -4.35. The normalized spacial score (nSPS) is 11.7. The largest absolute Gasteiger partial charge is 0.416 e. The molecule has 9 heteroatoms. The van der Waals surface area contributed by atoms with Crippen LogP contribution >= 0.6 is 11.8 Å². The summed E-state index contributed by atoms with van der Waals surface area (Å²) in [4.78, 5) is 0. The first-order valence-electron chi connectivity index (χ1n) is 7.10. The van der Waals surface area contributed by atoms with Gasteiger partial charge < -0.3 is 5.84 Å². The average Bonchev–Trinajstić information content (AvgIpc) is 2.94. The highest BCUT2D eigenvalue weighted by atomic mass is 32.2. The summed E-state index contributed by atoms with van der Waals surface area (Å²) in [6.07, 6.45) is -4.35. The Hall–Kier alpha value is -2.55. The third-order valence-electron chi connectivity index (χ3n) is 3.42. The fraction of sp³-hybridized carbons (Fsp3) is 0.125. The van der Waals surface area contributed by atoms with Crippen LogP contribution in [0.4, 0.5) is 17.6 Å². The van der Waals surface area contributed by atoms with Crippen LogP contribution in [-0.4, -0.2) is 14.9 Å². The van der Waals surface area contributed by atoms with Gasteiger partial charge >= 0.3 is 6.18 Å². The predicted molar refractivity (Wildman–Crippen MR) is 86.6 cm³/mol. The number of thioether (sulfide) groups is 1. The van der Waals surface area contributed by atoms with E-state index in [2.05, 4.69) is 10.2 Å². The van der Waals surface area contributed by atoms with Crippen molar-refractivity contribution in [3.63, 3.8) is 0 Å². The average molecular weight is 368 g/mol. The van der Waals surface area contributed by atoms with Gasteiger partial charge in [-0.15, -0.1) is 10.2 Å². The fourth-order valence-electron chi connectivity index (χ4n) is 2.11. The Kier molecular flexibility index (Phi) is 4.67. The van der Waals surface area contributed by atoms with Gasteiger partial charge in [0.25, 0.3) is 0 Å². The molecule has 2 aromatic carbocycles. The zero-order valence-corrected chi connectivity index (χ0v) is 13.5. The maximum Gasteiger partial charge on any atom is 0.416 e. The van der Waals surface area contributed by atoms with Gasteiger partial charge in [0.15, 0.2) is 5.82 Å². The van der Waals surface area contributed by atoms with Crippen molar-refractivity contribution < 1.29 is 17.6 Å². The van der Waals surface area contributed by atoms with E-state index in [1.807, 2.05) is 0 Å². The molecule has 0 aliphatic rings. The fourth-order valence-corrected chi connectivity index (χ4v) is 2.92. The number of aromatic nitrogens is 3. The number of hydrogen-bond acceptors (Lipinski definition) is 4. The second-order valence-corrected chi connectivity index (χ2v) is 6.11. The van der Waals surface area contributed by atoms with Crippen LogP contribution in [0, 0.1) is 5.82 Å². The van der Waals surface area contributed by atoms with Crippen LogP contribution in [0.1, 0.15) is 11.1 Å². The number of alkyl halides is 3. The van der Waals surface area contributed by atoms with Crippen LogP contribution in [0.5, 0.6) is 0 Å². The zero-order valence-electron chi connectivity index (χ0n) is 12.7. The van der Waals surface area contributed by atoms with Gasteiger partial charge in [-0.3, -0.25) is 0 Å². The third-order valence-corrected chi connectivity index (χ3v) is 4.43. The molecule has 0 amide bonds. The van der Waals surface area contributed by atoms with Gasteiger partial charge in [0, 0.05) is 11.3 Å². The second-order valence-electron chi connectivity index (χ2n) is 5.17. The molecule has 0 aliphatic heterocycles. The Balaban J connectivity index is 1.71. The Morgan fingerprint density at radius 1 is 0.960 bits per heavy atom. The summed E-state index contributed by atoms with van der Waals surface area (Å²) in [6.45, 7) is 0. The van der Waals surface area contributed by atoms with Crippen molar-refractivity contribution in [2.24, 2.45) is 0 Å². The minimum absolute atomic E-state index is 0.370. The molecule has 0 spiro atoms. The lowest BCUT2D eigenvalue weighted by molar-refractivity contribution is -0.137. The van der Waals surface area contributed by atoms with Crippen LogP contribution < -0.4 is 5.84 Å². The van der Waals surface area contributed by atoms with Crippen molar-refractivity contribution in [1.82, 2.24) is 14.9 Å². The van der Waals surface area contributed by atoms with Crippen molar-refractivity contribution in [3.05, 3.63) is 65.5 Å². The molecule has 0 radical (unpaired) electrons. The lowest BCUT2D eigenvalue weighted by Gasteiger charge is -2.07. The van der Waals surface area contributed by atoms with Crippen LogP contribution in [0.3, 0.4) is 0 Å². The summed E-state index contributed by atoms with van der Waals surface area (Å²) in [6, 6.07) is 10.5. The Morgan fingerprint density at radius 3 is 2.20 bits per heavy atom. The lowest BCUT2D eigenvalue weighted by Crippen LogP contribution is -2.11. The molecule has 0 fully saturated rings. The molecule has 0 saturated heterocycles. The number of halogens is 4. The number of hydrogen-bond donors (Lipinski definition) is 1. The SMILES string of the molecule is Nn1c(SCc2ccc(C(F)(F)F)cc2)nnc1-c1ccc(F)cc1. The Bertz CT molecular complexity index is 857. The van der Waals surface area contributed by atoms with E-state index in [1.165, 1.54) is 52.8 Å². The molecule has 0 unspecified atom stereocenters. The van der Waals surface area contributed by atoms with Gasteiger partial charge in [-0.25, -0.2) is 9.07 Å². The highest BCUT2D eigenvalue weighted by molar-refractivity contribution is 7.98. The van der Waals surface area contributed by atoms with E-state index in [0.717, 1.165) is 12.1 Å². The van der Waals surface area contributed by atoms with Crippen LogP contribution in [0.15, 0.2) is 53.7 Å². The first-order valence-corrected chi connectivity index (χ1v) is 8.08. The lowest BCUT2D eigenvalue weighted by atomic mass is 10.1. The van der Waals surface area contributed by atoms with Gasteiger partial charge in [0.05, 0.1) is 5.56 Å². The Morgan fingerprint density at radius 2 is 1.60 bits per heavy atom. The highest BCUT2D eigenvalue weighted by Gasteiger charge is 2.29. The maximum absolute atomic E-state index is 13.0. The summed E-state index contributed by atoms with van der Waals surface area (Å²) < 4.78 is 51.9. The van der Waals surface area contributed by atoms with E-state index in [0.29, 0.717) is 27.9 Å². The van der Waals surface area contributed by atoms with Crippen LogP contribution in [0.2, 0.25) is 0 Å². The topological polar surface area (TPSA) is 56.7 Å². The van der Waals surface area contributed by atoms with Crippen LogP contribution in [0.25, 0.3) is 11.4 Å². The molecular weight excluding hydrogens is 356 g/mol. The monoisotopic (exact) mass is 368 g/mol. The highest BCUT2D eigenvalue weighted by Crippen LogP contribution is 2.30. The molecule has 4 nitrogen and oxygen atoms in total. The van der Waals surface area contributed by atoms with E-state index >= 15 is 0 Å². The van der Waals surface area contributed by atoms with Gasteiger partial charge in [-0.2, -0.15) is 13.2 Å². The molecule has 0 atom stereocenters. The number of benzene rings is 2. The number of nitrogen functional groups attached to an aromatic ring is 1. The quantitative estimate of drug-likeness (QED) is 0.428. The van der Waals surface area contributed by atoms with Gasteiger partial charge in [-0.1, -0.05) is 23.9 Å². The summed E-state index contributed by atoms with van der Waals surface area (Å²) >= 11 is 1.24. The molecule has 3 aromatic rings. The first-order chi connectivity index (χ1) is 11.8. The van der Waals surface area contributed by atoms with E-state index in [4.69, 9.17) is 5.84 Å². The molecular formula is C16H12F4N4S. The standard InChI is InChI=1S/C16H12F4N4S/c17-13-7-3-11(4-8-13)14-22-23-15(24(14)21)25-9-10-1-5-12(6-2-10)16(18,19)20/h1-8H,9,21H2. The van der Waals surface area contributed by atoms with E-state index in [9.17, 15) is 17.6 Å². The van der Waals surface area contributed by atoms with Crippen molar-refractivity contribution in [2.45, 2.75) is 17.1 Å². The minimum Gasteiger partial charge on any atom is -0.335 e. The molecule has 0 aliphatic carbocycles. The number of nitrogens with zero attached hydrogens (tertiary/aromatic N) is 3. The molecule has 1 aromatic heterocycles. The molecule has 2 N–H and O–H groups in total. The second kappa shape index (κ2) is 6.75. The molecule has 0 saturated carbocycles. The summed E-state index contributed by atoms with van der Waals surface area (Å²) in [5, 5.41) is 8.34. The molecule has 0 bridgehead atoms. The Labute approximate surface area is 144 Å². The first kappa shape index (κ1) is 17.3. The van der Waals surface area contributed by atoms with E-state index in [-0.39, 0.29) is 5.82 Å². The zero-order chi connectivity index (χ0) is 18.0. The van der Waals surface area contributed by atoms with Crippen molar-refractivity contribution in [1.29, 1.82) is 0 Å². The van der Waals surface area contributed by atoms with Gasteiger partial charge in [0.1, 0.15) is 5.82 Å². The van der Waals surface area contributed by atoms with Crippen molar-refractivity contribution >= 4 is 11.8 Å². The van der Waals surface area contributed by atoms with Gasteiger partial charge in [0.2, 0.25) is 5.16 Å². The van der Waals surface area contributed by atoms with E-state index in [1.54, 1.807) is 0 Å². The predicted octanol–water partition coefficient (Wildman–Crippen LogP) is 4.11. The summed E-state index contributed by atoms with van der Waals surface area (Å²) in [5.41, 5.74) is 0.615. The number of rotatable bonds is 4. The molecule has 25 heavy (non-hydrogen) atoms. The van der Waals surface area contributed by atoms with Crippen LogP contribution in [-0.2, 0) is 11.9 Å². The summed E-state index contributed by atoms with van der Waals surface area (Å²) in [5.74, 6) is 6.33. The van der Waals surface area contributed by atoms with Crippen molar-refractivity contribution in [3.8, 4) is 11.4 Å². The number of nitrogens with two attached hydrogens (primary N) is 1. The summed E-state index contributed by atoms with van der Waals surface area (Å²) in [7, 11) is 0.